The normalized spacial score (nSPS) is 22.0. The maximum Gasteiger partial charge on any atom is 0.228 e. The summed E-state index contributed by atoms with van der Waals surface area (Å²) < 4.78 is 33.4. The molecular formula is C20H33N3O4S. The number of imidazole rings is 1. The number of carbonyl (C=O) groups is 1. The molecule has 1 aliphatic carbocycles. The molecule has 28 heavy (non-hydrogen) atoms. The van der Waals surface area contributed by atoms with Crippen LogP contribution in [0.2, 0.25) is 0 Å². The number of Topliss-reactive ketones (excluding diaryl/α,β-unsaturated/α-hetero) is 1. The minimum absolute atomic E-state index is 0.0836. The summed E-state index contributed by atoms with van der Waals surface area (Å²) in [6.45, 7) is 5.12. The standard InChI is InChI=1S/C20H33N3O4S/c1-16(24)17-7-5-10-22(14-17)15-18-13-21-20(23(18)11-6-12-27-2)28(25,26)19-8-3-4-9-19/h13,17,19H,3-12,14-15H2,1-2H3. The zero-order valence-corrected chi connectivity index (χ0v) is 17.9. The van der Waals surface area contributed by atoms with Gasteiger partial charge in [0.15, 0.2) is 0 Å². The first-order chi connectivity index (χ1) is 13.4. The zero-order valence-electron chi connectivity index (χ0n) is 17.1. The number of methoxy groups -OCH3 is 1. The lowest BCUT2D eigenvalue weighted by atomic mass is 9.94. The van der Waals surface area contributed by atoms with Gasteiger partial charge in [0, 0.05) is 39.3 Å². The van der Waals surface area contributed by atoms with Crippen molar-refractivity contribution in [1.29, 1.82) is 0 Å². The fraction of sp³-hybridized carbons (Fsp3) is 0.800. The van der Waals surface area contributed by atoms with Gasteiger partial charge in [-0.3, -0.25) is 9.69 Å². The van der Waals surface area contributed by atoms with Gasteiger partial charge in [-0.15, -0.1) is 0 Å². The lowest BCUT2D eigenvalue weighted by Crippen LogP contribution is -2.38. The van der Waals surface area contributed by atoms with Crippen LogP contribution in [0.15, 0.2) is 11.4 Å². The highest BCUT2D eigenvalue weighted by molar-refractivity contribution is 7.91. The quantitative estimate of drug-likeness (QED) is 0.581. The van der Waals surface area contributed by atoms with Crippen molar-refractivity contribution in [2.45, 2.75) is 75.4 Å². The van der Waals surface area contributed by atoms with Crippen molar-refractivity contribution in [3.8, 4) is 0 Å². The molecule has 0 radical (unpaired) electrons. The predicted octanol–water partition coefficient (Wildman–Crippen LogP) is 2.44. The van der Waals surface area contributed by atoms with Gasteiger partial charge < -0.3 is 9.30 Å². The molecule has 7 nitrogen and oxygen atoms in total. The molecule has 2 fully saturated rings. The fourth-order valence-electron chi connectivity index (χ4n) is 4.46. The van der Waals surface area contributed by atoms with Crippen molar-refractivity contribution >= 4 is 15.6 Å². The Hall–Kier alpha value is -1.25. The van der Waals surface area contributed by atoms with Gasteiger partial charge in [0.25, 0.3) is 0 Å². The Morgan fingerprint density at radius 3 is 2.68 bits per heavy atom. The van der Waals surface area contributed by atoms with E-state index in [4.69, 9.17) is 4.74 Å². The maximum absolute atomic E-state index is 13.2. The lowest BCUT2D eigenvalue weighted by Gasteiger charge is -2.31. The largest absolute Gasteiger partial charge is 0.385 e. The summed E-state index contributed by atoms with van der Waals surface area (Å²) >= 11 is 0. The van der Waals surface area contributed by atoms with E-state index in [9.17, 15) is 13.2 Å². The molecule has 1 atom stereocenters. The van der Waals surface area contributed by atoms with E-state index in [0.29, 0.717) is 19.7 Å². The topological polar surface area (TPSA) is 81.5 Å². The molecule has 3 rings (SSSR count). The Balaban J connectivity index is 1.82. The Morgan fingerprint density at radius 2 is 2.00 bits per heavy atom. The summed E-state index contributed by atoms with van der Waals surface area (Å²) in [5.41, 5.74) is 0.914. The molecule has 1 aromatic rings. The van der Waals surface area contributed by atoms with E-state index in [1.165, 1.54) is 0 Å². The summed E-state index contributed by atoms with van der Waals surface area (Å²) in [5, 5.41) is -0.0911. The summed E-state index contributed by atoms with van der Waals surface area (Å²) in [7, 11) is -1.76. The number of piperidine rings is 1. The molecule has 8 heteroatoms. The number of hydrogen-bond acceptors (Lipinski definition) is 6. The first-order valence-corrected chi connectivity index (χ1v) is 12.0. The highest BCUT2D eigenvalue weighted by atomic mass is 32.2. The summed E-state index contributed by atoms with van der Waals surface area (Å²) in [6.07, 6.45) is 7.80. The van der Waals surface area contributed by atoms with E-state index in [0.717, 1.165) is 63.7 Å². The van der Waals surface area contributed by atoms with Crippen LogP contribution in [0.3, 0.4) is 0 Å². The van der Waals surface area contributed by atoms with E-state index in [1.807, 2.05) is 4.57 Å². The van der Waals surface area contributed by atoms with E-state index in [2.05, 4.69) is 9.88 Å². The van der Waals surface area contributed by atoms with Gasteiger partial charge in [0.05, 0.1) is 17.1 Å². The van der Waals surface area contributed by atoms with Gasteiger partial charge >= 0.3 is 0 Å². The molecule has 158 valence electrons. The third-order valence-corrected chi connectivity index (χ3v) is 8.28. The number of ether oxygens (including phenoxy) is 1. The average Bonchev–Trinajstić information content (AvgIpc) is 3.33. The highest BCUT2D eigenvalue weighted by Gasteiger charge is 2.34. The van der Waals surface area contributed by atoms with Crippen molar-refractivity contribution in [3.63, 3.8) is 0 Å². The van der Waals surface area contributed by atoms with Crippen molar-refractivity contribution in [3.05, 3.63) is 11.9 Å². The van der Waals surface area contributed by atoms with Crippen LogP contribution in [-0.4, -0.2) is 60.7 Å². The third kappa shape index (κ3) is 4.83. The number of aromatic nitrogens is 2. The minimum atomic E-state index is -3.41. The Morgan fingerprint density at radius 1 is 1.25 bits per heavy atom. The van der Waals surface area contributed by atoms with Crippen molar-refractivity contribution in [2.75, 3.05) is 26.8 Å². The average molecular weight is 412 g/mol. The van der Waals surface area contributed by atoms with Crippen LogP contribution in [0, 0.1) is 5.92 Å². The number of likely N-dealkylation sites (tertiary alicyclic amines) is 1. The fourth-order valence-corrected chi connectivity index (χ4v) is 6.43. The number of hydrogen-bond donors (Lipinski definition) is 0. The monoisotopic (exact) mass is 411 g/mol. The Bertz CT molecular complexity index is 768. The van der Waals surface area contributed by atoms with Crippen LogP contribution in [0.5, 0.6) is 0 Å². The third-order valence-electron chi connectivity index (χ3n) is 6.09. The van der Waals surface area contributed by atoms with Gasteiger partial charge in [-0.05, 0) is 45.6 Å². The second kappa shape index (κ2) is 9.50. The molecule has 1 unspecified atom stereocenters. The molecule has 1 aliphatic heterocycles. The number of ketones is 1. The van der Waals surface area contributed by atoms with Crippen LogP contribution in [0.1, 0.15) is 57.6 Å². The lowest BCUT2D eigenvalue weighted by molar-refractivity contribution is -0.122. The molecule has 2 heterocycles. The molecule has 0 bridgehead atoms. The molecule has 1 aromatic heterocycles. The van der Waals surface area contributed by atoms with Gasteiger partial charge in [-0.25, -0.2) is 13.4 Å². The van der Waals surface area contributed by atoms with Crippen LogP contribution in [0.4, 0.5) is 0 Å². The van der Waals surface area contributed by atoms with Gasteiger partial charge in [-0.1, -0.05) is 12.8 Å². The number of carbonyl (C=O) groups excluding carboxylic acids is 1. The molecule has 2 aliphatic rings. The number of rotatable bonds is 9. The van der Waals surface area contributed by atoms with Crippen molar-refractivity contribution in [2.24, 2.45) is 5.92 Å². The van der Waals surface area contributed by atoms with Crippen LogP contribution in [0.25, 0.3) is 0 Å². The first kappa shape index (κ1) is 21.5. The molecule has 0 amide bonds. The zero-order chi connectivity index (χ0) is 20.1. The Kier molecular flexibility index (Phi) is 7.28. The molecular weight excluding hydrogens is 378 g/mol. The number of nitrogens with zero attached hydrogens (tertiary/aromatic N) is 3. The second-order valence-corrected chi connectivity index (χ2v) is 10.3. The van der Waals surface area contributed by atoms with E-state index in [-0.39, 0.29) is 22.1 Å². The van der Waals surface area contributed by atoms with E-state index < -0.39 is 9.84 Å². The van der Waals surface area contributed by atoms with Gasteiger partial charge in [0.2, 0.25) is 15.0 Å². The van der Waals surface area contributed by atoms with Crippen LogP contribution >= 0.6 is 0 Å². The second-order valence-electron chi connectivity index (χ2n) is 8.17. The summed E-state index contributed by atoms with van der Waals surface area (Å²) in [5.74, 6) is 0.322. The summed E-state index contributed by atoms with van der Waals surface area (Å²) in [6, 6.07) is 0. The molecule has 0 spiro atoms. The number of sulfone groups is 1. The van der Waals surface area contributed by atoms with Crippen LogP contribution in [-0.2, 0) is 32.5 Å². The smallest absolute Gasteiger partial charge is 0.228 e. The van der Waals surface area contributed by atoms with Crippen LogP contribution < -0.4 is 0 Å². The van der Waals surface area contributed by atoms with Crippen molar-refractivity contribution in [1.82, 2.24) is 14.5 Å². The molecule has 0 aromatic carbocycles. The Labute approximate surface area is 168 Å². The molecule has 1 saturated heterocycles. The van der Waals surface area contributed by atoms with Crippen molar-refractivity contribution < 1.29 is 17.9 Å². The minimum Gasteiger partial charge on any atom is -0.385 e. The van der Waals surface area contributed by atoms with E-state index >= 15 is 0 Å². The molecule has 0 N–H and O–H groups in total. The molecule has 1 saturated carbocycles. The first-order valence-electron chi connectivity index (χ1n) is 10.4. The maximum atomic E-state index is 13.2. The highest BCUT2D eigenvalue weighted by Crippen LogP contribution is 2.30. The van der Waals surface area contributed by atoms with Gasteiger partial charge in [0.1, 0.15) is 5.78 Å². The van der Waals surface area contributed by atoms with E-state index in [1.54, 1.807) is 20.2 Å². The summed E-state index contributed by atoms with van der Waals surface area (Å²) in [4.78, 5) is 18.4. The van der Waals surface area contributed by atoms with Gasteiger partial charge in [-0.2, -0.15) is 0 Å². The predicted molar refractivity (Wildman–Crippen MR) is 107 cm³/mol. The SMILES string of the molecule is COCCCn1c(CN2CCCC(C(C)=O)C2)cnc1S(=O)(=O)C1CCCC1.